The molecule has 7 heteroatoms. The lowest BCUT2D eigenvalue weighted by molar-refractivity contribution is -0.148. The van der Waals surface area contributed by atoms with E-state index in [1.165, 1.54) is 6.92 Å². The van der Waals surface area contributed by atoms with Gasteiger partial charge in [0.1, 0.15) is 5.75 Å². The second-order valence-electron chi connectivity index (χ2n) is 6.06. The summed E-state index contributed by atoms with van der Waals surface area (Å²) in [6.45, 7) is 3.49. The molecule has 0 spiro atoms. The first kappa shape index (κ1) is 21.7. The van der Waals surface area contributed by atoms with Crippen LogP contribution in [0.2, 0.25) is 0 Å². The maximum atomic E-state index is 12.9. The van der Waals surface area contributed by atoms with E-state index in [1.807, 2.05) is 18.2 Å². The third-order valence-electron chi connectivity index (χ3n) is 3.97. The molecule has 3 amide bonds. The highest BCUT2D eigenvalue weighted by molar-refractivity contribution is 6.22. The zero-order valence-corrected chi connectivity index (χ0v) is 16.6. The first-order valence-corrected chi connectivity index (χ1v) is 9.16. The van der Waals surface area contributed by atoms with Crippen LogP contribution in [-0.4, -0.2) is 37.7 Å². The summed E-state index contributed by atoms with van der Waals surface area (Å²) in [6.07, 6.45) is 0.486. The average Bonchev–Trinajstić information content (AvgIpc) is 2.72. The van der Waals surface area contributed by atoms with Crippen molar-refractivity contribution in [3.63, 3.8) is 0 Å². The Morgan fingerprint density at radius 3 is 2.34 bits per heavy atom. The number of methoxy groups -OCH3 is 1. The van der Waals surface area contributed by atoms with Gasteiger partial charge in [-0.05, 0) is 31.6 Å². The lowest BCUT2D eigenvalue weighted by Crippen LogP contribution is -2.44. The Bertz CT molecular complexity index is 893. The quantitative estimate of drug-likeness (QED) is 0.426. The van der Waals surface area contributed by atoms with Gasteiger partial charge in [0.15, 0.2) is 6.10 Å². The lowest BCUT2D eigenvalue weighted by atomic mass is 10.0. The van der Waals surface area contributed by atoms with E-state index in [0.717, 1.165) is 0 Å². The number of urea groups is 1. The molecule has 7 nitrogen and oxygen atoms in total. The molecular formula is C22H24N2O5. The second-order valence-corrected chi connectivity index (χ2v) is 6.06. The standard InChI is InChI=1S/C22H24N2O5/c1-4-23-22(27)24-20(25)15(2)29-21(26)18(16-10-6-5-7-11-16)14-17-12-8-9-13-19(17)28-3/h5-15H,4H2,1-3H3,(H2,23,24,25,27)/b18-14+/t15-/m0/s1. The number of carbonyl (C=O) groups is 3. The van der Waals surface area contributed by atoms with Gasteiger partial charge < -0.3 is 14.8 Å². The third kappa shape index (κ3) is 6.21. The van der Waals surface area contributed by atoms with Crippen molar-refractivity contribution in [1.82, 2.24) is 10.6 Å². The Balaban J connectivity index is 2.28. The topological polar surface area (TPSA) is 93.7 Å². The summed E-state index contributed by atoms with van der Waals surface area (Å²) in [5.41, 5.74) is 1.57. The van der Waals surface area contributed by atoms with Crippen molar-refractivity contribution in [2.45, 2.75) is 20.0 Å². The van der Waals surface area contributed by atoms with E-state index in [4.69, 9.17) is 9.47 Å². The average molecular weight is 396 g/mol. The Kier molecular flexibility index (Phi) is 7.97. The highest BCUT2D eigenvalue weighted by Gasteiger charge is 2.23. The number of imide groups is 1. The van der Waals surface area contributed by atoms with Gasteiger partial charge in [-0.1, -0.05) is 48.5 Å². The molecule has 0 fully saturated rings. The molecule has 2 N–H and O–H groups in total. The molecule has 0 saturated heterocycles. The van der Waals surface area contributed by atoms with Gasteiger partial charge in [-0.15, -0.1) is 0 Å². The fourth-order valence-electron chi connectivity index (χ4n) is 2.51. The minimum Gasteiger partial charge on any atom is -0.496 e. The van der Waals surface area contributed by atoms with Gasteiger partial charge in [-0.25, -0.2) is 9.59 Å². The number of ether oxygens (including phenoxy) is 2. The molecule has 29 heavy (non-hydrogen) atoms. The zero-order chi connectivity index (χ0) is 21.2. The number of nitrogens with one attached hydrogen (secondary N) is 2. The molecule has 0 aliphatic heterocycles. The van der Waals surface area contributed by atoms with Crippen molar-refractivity contribution in [2.24, 2.45) is 0 Å². The van der Waals surface area contributed by atoms with E-state index >= 15 is 0 Å². The van der Waals surface area contributed by atoms with Gasteiger partial charge in [0.2, 0.25) is 0 Å². The highest BCUT2D eigenvalue weighted by Crippen LogP contribution is 2.25. The van der Waals surface area contributed by atoms with E-state index in [-0.39, 0.29) is 5.57 Å². The number of amides is 3. The predicted molar refractivity (Wildman–Crippen MR) is 110 cm³/mol. The first-order valence-electron chi connectivity index (χ1n) is 9.16. The molecule has 0 aliphatic rings. The largest absolute Gasteiger partial charge is 0.496 e. The van der Waals surface area contributed by atoms with E-state index < -0.39 is 24.0 Å². The maximum Gasteiger partial charge on any atom is 0.339 e. The molecule has 152 valence electrons. The zero-order valence-electron chi connectivity index (χ0n) is 16.6. The van der Waals surface area contributed by atoms with Crippen molar-refractivity contribution in [3.8, 4) is 5.75 Å². The van der Waals surface area contributed by atoms with Crippen LogP contribution < -0.4 is 15.4 Å². The highest BCUT2D eigenvalue weighted by atomic mass is 16.5. The molecule has 2 rings (SSSR count). The smallest absolute Gasteiger partial charge is 0.339 e. The predicted octanol–water partition coefficient (Wildman–Crippen LogP) is 3.01. The Morgan fingerprint density at radius 2 is 1.69 bits per heavy atom. The van der Waals surface area contributed by atoms with Gasteiger partial charge >= 0.3 is 12.0 Å². The molecule has 2 aromatic rings. The maximum absolute atomic E-state index is 12.9. The fraction of sp³-hybridized carbons (Fsp3) is 0.227. The number of benzene rings is 2. The van der Waals surface area contributed by atoms with Crippen molar-refractivity contribution in [1.29, 1.82) is 0 Å². The SMILES string of the molecule is CCNC(=O)NC(=O)[C@H](C)OC(=O)/C(=C/c1ccccc1OC)c1ccccc1. The molecule has 2 aromatic carbocycles. The minimum absolute atomic E-state index is 0.257. The Labute approximate surface area is 169 Å². The summed E-state index contributed by atoms with van der Waals surface area (Å²) >= 11 is 0. The Hall–Kier alpha value is -3.61. The number of rotatable bonds is 7. The van der Waals surface area contributed by atoms with Crippen LogP contribution in [0, 0.1) is 0 Å². The summed E-state index contributed by atoms with van der Waals surface area (Å²) in [7, 11) is 1.54. The first-order chi connectivity index (χ1) is 14.0. The summed E-state index contributed by atoms with van der Waals surface area (Å²) in [5.74, 6) is -0.814. The summed E-state index contributed by atoms with van der Waals surface area (Å²) < 4.78 is 10.7. The van der Waals surface area contributed by atoms with Gasteiger partial charge in [-0.3, -0.25) is 10.1 Å². The van der Waals surface area contributed by atoms with Crippen LogP contribution in [0.25, 0.3) is 11.6 Å². The molecule has 0 radical (unpaired) electrons. The molecule has 0 aliphatic carbocycles. The van der Waals surface area contributed by atoms with Crippen LogP contribution in [0.5, 0.6) is 5.75 Å². The normalized spacial score (nSPS) is 11.9. The molecule has 0 heterocycles. The van der Waals surface area contributed by atoms with Crippen LogP contribution in [0.4, 0.5) is 4.79 Å². The number of carbonyl (C=O) groups excluding carboxylic acids is 3. The second kappa shape index (κ2) is 10.7. The molecular weight excluding hydrogens is 372 g/mol. The number of hydrogen-bond acceptors (Lipinski definition) is 5. The van der Waals surface area contributed by atoms with E-state index in [2.05, 4.69) is 10.6 Å². The van der Waals surface area contributed by atoms with Crippen molar-refractivity contribution < 1.29 is 23.9 Å². The molecule has 1 atom stereocenters. The van der Waals surface area contributed by atoms with Gasteiger partial charge in [0.05, 0.1) is 12.7 Å². The van der Waals surface area contributed by atoms with E-state index in [9.17, 15) is 14.4 Å². The minimum atomic E-state index is -1.16. The van der Waals surface area contributed by atoms with Crippen molar-refractivity contribution in [2.75, 3.05) is 13.7 Å². The van der Waals surface area contributed by atoms with E-state index in [1.54, 1.807) is 56.5 Å². The number of esters is 1. The van der Waals surface area contributed by atoms with Crippen LogP contribution in [0.3, 0.4) is 0 Å². The van der Waals surface area contributed by atoms with Crippen LogP contribution in [0.1, 0.15) is 25.0 Å². The Morgan fingerprint density at radius 1 is 1.03 bits per heavy atom. The molecule has 0 bridgehead atoms. The summed E-state index contributed by atoms with van der Waals surface area (Å²) in [5, 5.41) is 4.57. The molecule has 0 aromatic heterocycles. The summed E-state index contributed by atoms with van der Waals surface area (Å²) in [6, 6.07) is 15.5. The van der Waals surface area contributed by atoms with Crippen LogP contribution in [0.15, 0.2) is 54.6 Å². The third-order valence-corrected chi connectivity index (χ3v) is 3.97. The van der Waals surface area contributed by atoms with Crippen LogP contribution >= 0.6 is 0 Å². The monoisotopic (exact) mass is 396 g/mol. The van der Waals surface area contributed by atoms with Gasteiger partial charge in [0, 0.05) is 12.1 Å². The molecule has 0 saturated carbocycles. The van der Waals surface area contributed by atoms with Crippen molar-refractivity contribution in [3.05, 3.63) is 65.7 Å². The van der Waals surface area contributed by atoms with Gasteiger partial charge in [0.25, 0.3) is 5.91 Å². The lowest BCUT2D eigenvalue weighted by Gasteiger charge is -2.15. The summed E-state index contributed by atoms with van der Waals surface area (Å²) in [4.78, 5) is 36.5. The number of para-hydroxylation sites is 1. The van der Waals surface area contributed by atoms with Crippen LogP contribution in [-0.2, 0) is 14.3 Å². The molecule has 0 unspecified atom stereocenters. The number of hydrogen-bond donors (Lipinski definition) is 2. The van der Waals surface area contributed by atoms with E-state index in [0.29, 0.717) is 23.4 Å². The van der Waals surface area contributed by atoms with Crippen molar-refractivity contribution >= 4 is 29.6 Å². The van der Waals surface area contributed by atoms with Gasteiger partial charge in [-0.2, -0.15) is 0 Å². The fourth-order valence-corrected chi connectivity index (χ4v) is 2.51.